The van der Waals surface area contributed by atoms with Crippen LogP contribution in [0.3, 0.4) is 0 Å². The van der Waals surface area contributed by atoms with Crippen molar-refractivity contribution in [1.29, 1.82) is 0 Å². The van der Waals surface area contributed by atoms with E-state index >= 15 is 0 Å². The Morgan fingerprint density at radius 3 is 2.73 bits per heavy atom. The van der Waals surface area contributed by atoms with Gasteiger partial charge in [0.05, 0.1) is 23.8 Å². The minimum atomic E-state index is -0.609. The zero-order chi connectivity index (χ0) is 21.3. The Morgan fingerprint density at radius 1 is 1.27 bits per heavy atom. The molecule has 1 atom stereocenters. The summed E-state index contributed by atoms with van der Waals surface area (Å²) in [6.07, 6.45) is 3.39. The van der Waals surface area contributed by atoms with Gasteiger partial charge in [0.25, 0.3) is 5.91 Å². The quantitative estimate of drug-likeness (QED) is 0.700. The second-order valence-corrected chi connectivity index (χ2v) is 8.37. The lowest BCUT2D eigenvalue weighted by Gasteiger charge is -2.50. The zero-order valence-corrected chi connectivity index (χ0v) is 17.6. The molecule has 6 nitrogen and oxygen atoms in total. The summed E-state index contributed by atoms with van der Waals surface area (Å²) in [7, 11) is 1.61. The van der Waals surface area contributed by atoms with Crippen LogP contribution in [-0.2, 0) is 9.53 Å². The number of fused-ring (bicyclic) bond motifs is 1. The number of phenolic OH excluding ortho intramolecular Hbond substituents is 1. The number of carbonyl (C=O) groups is 2. The SMILES string of the molecule is COCCN1C(=O)c2ccccc2[C@@H](C(=O)Nc2cc(Cl)ccc2O)C12CCCC2. The van der Waals surface area contributed by atoms with Crippen LogP contribution in [0.1, 0.15) is 47.5 Å². The first-order valence-corrected chi connectivity index (χ1v) is 10.5. The third-order valence-corrected chi connectivity index (χ3v) is 6.52. The van der Waals surface area contributed by atoms with Crippen LogP contribution in [0.5, 0.6) is 5.75 Å². The number of amides is 2. The number of nitrogens with one attached hydrogen (secondary N) is 1. The number of methoxy groups -OCH3 is 1. The second kappa shape index (κ2) is 8.28. The molecular formula is C23H25ClN2O4. The maximum absolute atomic E-state index is 13.6. The van der Waals surface area contributed by atoms with Crippen molar-refractivity contribution in [3.63, 3.8) is 0 Å². The molecule has 1 heterocycles. The topological polar surface area (TPSA) is 78.9 Å². The minimum Gasteiger partial charge on any atom is -0.506 e. The lowest BCUT2D eigenvalue weighted by atomic mass is 9.71. The number of ether oxygens (including phenoxy) is 1. The van der Waals surface area contributed by atoms with Crippen molar-refractivity contribution in [2.75, 3.05) is 25.6 Å². The van der Waals surface area contributed by atoms with Gasteiger partial charge in [0.1, 0.15) is 5.75 Å². The van der Waals surface area contributed by atoms with Crippen molar-refractivity contribution < 1.29 is 19.4 Å². The number of benzene rings is 2. The standard InChI is InChI=1S/C23H25ClN2O4/c1-30-13-12-26-22(29)17-7-3-2-6-16(17)20(23(26)10-4-5-11-23)21(28)25-18-14-15(24)8-9-19(18)27/h2-3,6-9,14,20,27H,4-5,10-13H2,1H3,(H,25,28)/t20-/m0/s1. The number of hydrogen-bond donors (Lipinski definition) is 2. The van der Waals surface area contributed by atoms with Crippen molar-refractivity contribution in [1.82, 2.24) is 4.90 Å². The molecule has 2 aromatic rings. The fraction of sp³-hybridized carbons (Fsp3) is 0.391. The van der Waals surface area contributed by atoms with E-state index in [0.717, 1.165) is 31.2 Å². The van der Waals surface area contributed by atoms with E-state index in [1.807, 2.05) is 23.1 Å². The molecular weight excluding hydrogens is 404 g/mol. The summed E-state index contributed by atoms with van der Waals surface area (Å²) < 4.78 is 5.26. The molecule has 30 heavy (non-hydrogen) atoms. The highest BCUT2D eigenvalue weighted by Gasteiger charge is 2.55. The molecule has 2 N–H and O–H groups in total. The maximum atomic E-state index is 13.6. The van der Waals surface area contributed by atoms with Gasteiger partial charge in [-0.3, -0.25) is 9.59 Å². The Morgan fingerprint density at radius 2 is 2.00 bits per heavy atom. The largest absolute Gasteiger partial charge is 0.506 e. The molecule has 1 fully saturated rings. The second-order valence-electron chi connectivity index (χ2n) is 7.93. The average molecular weight is 429 g/mol. The van der Waals surface area contributed by atoms with E-state index in [0.29, 0.717) is 23.7 Å². The predicted octanol–water partition coefficient (Wildman–Crippen LogP) is 4.18. The molecule has 0 aromatic heterocycles. The van der Waals surface area contributed by atoms with Crippen LogP contribution >= 0.6 is 11.6 Å². The monoisotopic (exact) mass is 428 g/mol. The molecule has 0 saturated heterocycles. The Hall–Kier alpha value is -2.57. The predicted molar refractivity (Wildman–Crippen MR) is 115 cm³/mol. The highest BCUT2D eigenvalue weighted by Crippen LogP contribution is 2.50. The number of halogens is 1. The van der Waals surface area contributed by atoms with Gasteiger partial charge in [-0.1, -0.05) is 42.6 Å². The van der Waals surface area contributed by atoms with Crippen molar-refractivity contribution in [3.8, 4) is 5.75 Å². The third-order valence-electron chi connectivity index (χ3n) is 6.29. The molecule has 2 amide bonds. The van der Waals surface area contributed by atoms with Gasteiger partial charge in [-0.25, -0.2) is 0 Å². The lowest BCUT2D eigenvalue weighted by molar-refractivity contribution is -0.121. The van der Waals surface area contributed by atoms with Crippen LogP contribution in [0.4, 0.5) is 5.69 Å². The fourth-order valence-corrected chi connectivity index (χ4v) is 5.16. The van der Waals surface area contributed by atoms with Crippen molar-refractivity contribution in [2.45, 2.75) is 37.1 Å². The van der Waals surface area contributed by atoms with Crippen LogP contribution in [0.15, 0.2) is 42.5 Å². The van der Waals surface area contributed by atoms with Crippen LogP contribution < -0.4 is 5.32 Å². The molecule has 0 radical (unpaired) electrons. The number of rotatable bonds is 5. The normalized spacial score (nSPS) is 19.7. The molecule has 1 aliphatic carbocycles. The minimum absolute atomic E-state index is 0.0513. The summed E-state index contributed by atoms with van der Waals surface area (Å²) in [5.74, 6) is -0.912. The molecule has 7 heteroatoms. The van der Waals surface area contributed by atoms with Crippen LogP contribution in [0.2, 0.25) is 5.02 Å². The summed E-state index contributed by atoms with van der Waals surface area (Å²) in [4.78, 5) is 28.9. The van der Waals surface area contributed by atoms with E-state index in [-0.39, 0.29) is 23.3 Å². The first kappa shape index (κ1) is 20.7. The van der Waals surface area contributed by atoms with E-state index < -0.39 is 11.5 Å². The molecule has 0 bridgehead atoms. The summed E-state index contributed by atoms with van der Waals surface area (Å²) in [5, 5.41) is 13.5. The van der Waals surface area contributed by atoms with E-state index in [1.54, 1.807) is 19.2 Å². The molecule has 158 valence electrons. The number of nitrogens with zero attached hydrogens (tertiary/aromatic N) is 1. The van der Waals surface area contributed by atoms with Gasteiger partial charge in [0.15, 0.2) is 0 Å². The van der Waals surface area contributed by atoms with Gasteiger partial charge >= 0.3 is 0 Å². The van der Waals surface area contributed by atoms with Gasteiger partial charge in [-0.15, -0.1) is 0 Å². The fourth-order valence-electron chi connectivity index (χ4n) is 4.99. The van der Waals surface area contributed by atoms with Crippen molar-refractivity contribution in [2.24, 2.45) is 0 Å². The van der Waals surface area contributed by atoms with Gasteiger partial charge in [-0.05, 0) is 42.7 Å². The number of anilines is 1. The van der Waals surface area contributed by atoms with Gasteiger partial charge in [-0.2, -0.15) is 0 Å². The summed E-state index contributed by atoms with van der Waals surface area (Å²) in [5.41, 5.74) is 0.930. The maximum Gasteiger partial charge on any atom is 0.254 e. The molecule has 4 rings (SSSR count). The number of hydrogen-bond acceptors (Lipinski definition) is 4. The highest BCUT2D eigenvalue weighted by atomic mass is 35.5. The van der Waals surface area contributed by atoms with Gasteiger partial charge in [0, 0.05) is 24.2 Å². The highest BCUT2D eigenvalue weighted by molar-refractivity contribution is 6.31. The Labute approximate surface area is 180 Å². The van der Waals surface area contributed by atoms with E-state index in [9.17, 15) is 14.7 Å². The summed E-state index contributed by atoms with van der Waals surface area (Å²) >= 11 is 6.06. The molecule has 1 saturated carbocycles. The van der Waals surface area contributed by atoms with Crippen LogP contribution in [0.25, 0.3) is 0 Å². The number of carbonyl (C=O) groups excluding carboxylic acids is 2. The number of aromatic hydroxyl groups is 1. The molecule has 0 unspecified atom stereocenters. The first-order chi connectivity index (χ1) is 14.5. The summed E-state index contributed by atoms with van der Waals surface area (Å²) in [6.45, 7) is 0.828. The van der Waals surface area contributed by atoms with Crippen LogP contribution in [0, 0.1) is 0 Å². The third kappa shape index (κ3) is 3.44. The van der Waals surface area contributed by atoms with Gasteiger partial charge in [0.2, 0.25) is 5.91 Å². The Balaban J connectivity index is 1.80. The Bertz CT molecular complexity index is 971. The van der Waals surface area contributed by atoms with Crippen molar-refractivity contribution in [3.05, 3.63) is 58.6 Å². The van der Waals surface area contributed by atoms with E-state index in [1.165, 1.54) is 12.1 Å². The van der Waals surface area contributed by atoms with E-state index in [4.69, 9.17) is 16.3 Å². The Kier molecular flexibility index (Phi) is 5.71. The molecule has 1 spiro atoms. The first-order valence-electron chi connectivity index (χ1n) is 10.2. The summed E-state index contributed by atoms with van der Waals surface area (Å²) in [6, 6.07) is 11.9. The smallest absolute Gasteiger partial charge is 0.254 e. The average Bonchev–Trinajstić information content (AvgIpc) is 3.20. The number of phenols is 1. The van der Waals surface area contributed by atoms with Crippen molar-refractivity contribution >= 4 is 29.1 Å². The lowest BCUT2D eigenvalue weighted by Crippen LogP contribution is -2.60. The van der Waals surface area contributed by atoms with Crippen LogP contribution in [-0.4, -0.2) is 47.6 Å². The van der Waals surface area contributed by atoms with Gasteiger partial charge < -0.3 is 20.1 Å². The van der Waals surface area contributed by atoms with E-state index in [2.05, 4.69) is 5.32 Å². The zero-order valence-electron chi connectivity index (χ0n) is 16.9. The molecule has 1 aliphatic heterocycles. The molecule has 2 aliphatic rings. The molecule has 2 aromatic carbocycles.